The van der Waals surface area contributed by atoms with Crippen molar-refractivity contribution >= 4 is 6.03 Å². The first-order valence-corrected chi connectivity index (χ1v) is 9.49. The number of urea groups is 1. The highest BCUT2D eigenvalue weighted by molar-refractivity contribution is 5.74. The van der Waals surface area contributed by atoms with Crippen LogP contribution in [0.2, 0.25) is 0 Å². The molecule has 0 saturated carbocycles. The van der Waals surface area contributed by atoms with Gasteiger partial charge in [0.25, 0.3) is 0 Å². The summed E-state index contributed by atoms with van der Waals surface area (Å²) in [6.07, 6.45) is 5.18. The number of methoxy groups -OCH3 is 2. The molecular weight excluding hydrogens is 386 g/mol. The lowest BCUT2D eigenvalue weighted by molar-refractivity contribution is 0.240. The predicted octanol–water partition coefficient (Wildman–Crippen LogP) is 2.68. The van der Waals surface area contributed by atoms with E-state index in [1.54, 1.807) is 31.3 Å². The molecule has 0 aliphatic heterocycles. The lowest BCUT2D eigenvalue weighted by atomic mass is 10.2. The topological polar surface area (TPSA) is 99.5 Å². The summed E-state index contributed by atoms with van der Waals surface area (Å²) < 4.78 is 18.0. The van der Waals surface area contributed by atoms with Crippen molar-refractivity contribution in [3.8, 4) is 23.1 Å². The second kappa shape index (κ2) is 10.1. The van der Waals surface area contributed by atoms with Gasteiger partial charge in [0.2, 0.25) is 5.75 Å². The molecule has 0 spiro atoms. The molecule has 9 heteroatoms. The van der Waals surface area contributed by atoms with Crippen LogP contribution in [-0.4, -0.2) is 41.6 Å². The number of benzene rings is 1. The Morgan fingerprint density at radius 2 is 1.73 bits per heavy atom. The number of aromatic nitrogens is 3. The maximum absolute atomic E-state index is 12.2. The van der Waals surface area contributed by atoms with Gasteiger partial charge >= 0.3 is 6.03 Å². The van der Waals surface area contributed by atoms with E-state index in [1.807, 2.05) is 43.5 Å². The van der Waals surface area contributed by atoms with Crippen molar-refractivity contribution in [3.05, 3.63) is 60.0 Å². The Kier molecular flexibility index (Phi) is 7.09. The van der Waals surface area contributed by atoms with Crippen molar-refractivity contribution in [3.63, 3.8) is 0 Å². The van der Waals surface area contributed by atoms with Gasteiger partial charge in [-0.1, -0.05) is 0 Å². The minimum absolute atomic E-state index is 0.292. The van der Waals surface area contributed by atoms with Crippen LogP contribution < -0.4 is 24.8 Å². The van der Waals surface area contributed by atoms with Crippen LogP contribution in [0.15, 0.2) is 48.9 Å². The zero-order valence-electron chi connectivity index (χ0n) is 17.2. The fourth-order valence-corrected chi connectivity index (χ4v) is 2.85. The summed E-state index contributed by atoms with van der Waals surface area (Å²) in [4.78, 5) is 16.5. The van der Waals surface area contributed by atoms with Crippen molar-refractivity contribution in [2.45, 2.75) is 20.0 Å². The smallest absolute Gasteiger partial charge is 0.315 e. The van der Waals surface area contributed by atoms with Crippen molar-refractivity contribution in [1.82, 2.24) is 25.4 Å². The fourth-order valence-electron chi connectivity index (χ4n) is 2.85. The molecule has 2 heterocycles. The highest BCUT2D eigenvalue weighted by Gasteiger charge is 2.14. The zero-order valence-corrected chi connectivity index (χ0v) is 17.2. The van der Waals surface area contributed by atoms with Crippen molar-refractivity contribution in [2.75, 3.05) is 20.8 Å². The van der Waals surface area contributed by atoms with Crippen LogP contribution in [0.4, 0.5) is 4.79 Å². The lowest BCUT2D eigenvalue weighted by Crippen LogP contribution is -2.34. The van der Waals surface area contributed by atoms with Crippen molar-refractivity contribution in [2.24, 2.45) is 0 Å². The van der Waals surface area contributed by atoms with Crippen LogP contribution in [0.25, 0.3) is 5.82 Å². The number of nitrogens with one attached hydrogen (secondary N) is 2. The van der Waals surface area contributed by atoms with Gasteiger partial charge in [-0.05, 0) is 48.4 Å². The van der Waals surface area contributed by atoms with E-state index in [9.17, 15) is 4.79 Å². The Morgan fingerprint density at radius 1 is 1.03 bits per heavy atom. The Labute approximate surface area is 175 Å². The van der Waals surface area contributed by atoms with Gasteiger partial charge in [-0.2, -0.15) is 5.10 Å². The number of nitrogens with zero attached hydrogens (tertiary/aromatic N) is 3. The van der Waals surface area contributed by atoms with Gasteiger partial charge in [0.05, 0.1) is 20.8 Å². The van der Waals surface area contributed by atoms with Gasteiger partial charge in [-0.3, -0.25) is 0 Å². The SMILES string of the molecule is CCOc1c(OC)cc(CNC(=O)NCc2ccnc(-n3cccn3)c2)cc1OC. The standard InChI is InChI=1S/C21H25N5O4/c1-4-30-20-17(28-2)10-16(11-18(20)29-3)14-24-21(27)23-13-15-6-8-22-19(12-15)26-9-5-7-25-26/h5-12H,4,13-14H2,1-3H3,(H2,23,24,27). The number of amides is 2. The van der Waals surface area contributed by atoms with E-state index in [4.69, 9.17) is 14.2 Å². The van der Waals surface area contributed by atoms with Gasteiger partial charge in [0.1, 0.15) is 0 Å². The summed E-state index contributed by atoms with van der Waals surface area (Å²) in [6, 6.07) is 8.87. The highest BCUT2D eigenvalue weighted by atomic mass is 16.5. The maximum Gasteiger partial charge on any atom is 0.315 e. The van der Waals surface area contributed by atoms with Gasteiger partial charge < -0.3 is 24.8 Å². The number of ether oxygens (including phenoxy) is 3. The number of pyridine rings is 1. The van der Waals surface area contributed by atoms with E-state index < -0.39 is 0 Å². The third kappa shape index (κ3) is 5.19. The van der Waals surface area contributed by atoms with E-state index in [-0.39, 0.29) is 6.03 Å². The summed E-state index contributed by atoms with van der Waals surface area (Å²) in [7, 11) is 3.13. The van der Waals surface area contributed by atoms with E-state index >= 15 is 0 Å². The fraction of sp³-hybridized carbons (Fsp3) is 0.286. The lowest BCUT2D eigenvalue weighted by Gasteiger charge is -2.15. The normalized spacial score (nSPS) is 10.4. The molecule has 2 N–H and O–H groups in total. The van der Waals surface area contributed by atoms with Gasteiger partial charge in [0, 0.05) is 31.7 Å². The predicted molar refractivity (Wildman–Crippen MR) is 111 cm³/mol. The molecule has 0 unspecified atom stereocenters. The second-order valence-corrected chi connectivity index (χ2v) is 6.27. The minimum Gasteiger partial charge on any atom is -0.493 e. The van der Waals surface area contributed by atoms with E-state index in [2.05, 4.69) is 20.7 Å². The Morgan fingerprint density at radius 3 is 2.33 bits per heavy atom. The number of hydrogen-bond donors (Lipinski definition) is 2. The summed E-state index contributed by atoms with van der Waals surface area (Å²) in [5.74, 6) is 2.34. The minimum atomic E-state index is -0.292. The Hall–Kier alpha value is -3.75. The number of carbonyl (C=O) groups excluding carboxylic acids is 1. The number of hydrogen-bond acceptors (Lipinski definition) is 6. The third-order valence-corrected chi connectivity index (χ3v) is 4.26. The van der Waals surface area contributed by atoms with Gasteiger partial charge in [0.15, 0.2) is 17.3 Å². The quantitative estimate of drug-likeness (QED) is 0.562. The molecule has 9 nitrogen and oxygen atoms in total. The van der Waals surface area contributed by atoms with Gasteiger partial charge in [-0.25, -0.2) is 14.5 Å². The largest absolute Gasteiger partial charge is 0.493 e. The maximum atomic E-state index is 12.2. The molecule has 2 aromatic heterocycles. The molecule has 0 radical (unpaired) electrons. The van der Waals surface area contributed by atoms with E-state index in [0.29, 0.717) is 42.8 Å². The average molecular weight is 411 g/mol. The molecule has 3 rings (SSSR count). The molecule has 30 heavy (non-hydrogen) atoms. The van der Waals surface area contributed by atoms with Crippen molar-refractivity contribution < 1.29 is 19.0 Å². The van der Waals surface area contributed by atoms with E-state index in [0.717, 1.165) is 11.1 Å². The van der Waals surface area contributed by atoms with Crippen molar-refractivity contribution in [1.29, 1.82) is 0 Å². The average Bonchev–Trinajstić information content (AvgIpc) is 3.32. The molecule has 0 bridgehead atoms. The monoisotopic (exact) mass is 411 g/mol. The highest BCUT2D eigenvalue weighted by Crippen LogP contribution is 2.38. The van der Waals surface area contributed by atoms with Crippen LogP contribution >= 0.6 is 0 Å². The molecule has 0 aliphatic carbocycles. The molecular formula is C21H25N5O4. The van der Waals surface area contributed by atoms with Crippen LogP contribution in [0.5, 0.6) is 17.2 Å². The summed E-state index contributed by atoms with van der Waals surface area (Å²) >= 11 is 0. The Balaban J connectivity index is 1.58. The first kappa shape index (κ1) is 21.0. The van der Waals surface area contributed by atoms with Gasteiger partial charge in [-0.15, -0.1) is 0 Å². The molecule has 0 saturated heterocycles. The molecule has 3 aromatic rings. The summed E-state index contributed by atoms with van der Waals surface area (Å²) in [6.45, 7) is 3.04. The van der Waals surface area contributed by atoms with Crippen LogP contribution in [0.1, 0.15) is 18.1 Å². The van der Waals surface area contributed by atoms with Crippen LogP contribution in [0, 0.1) is 0 Å². The van der Waals surface area contributed by atoms with Crippen LogP contribution in [0.3, 0.4) is 0 Å². The number of rotatable bonds is 9. The summed E-state index contributed by atoms with van der Waals surface area (Å²) in [5, 5.41) is 9.82. The zero-order chi connectivity index (χ0) is 21.3. The van der Waals surface area contributed by atoms with Crippen LogP contribution in [-0.2, 0) is 13.1 Å². The molecule has 0 fully saturated rings. The molecule has 1 aromatic carbocycles. The molecule has 0 atom stereocenters. The summed E-state index contributed by atoms with van der Waals surface area (Å²) in [5.41, 5.74) is 1.74. The first-order chi connectivity index (χ1) is 14.6. The third-order valence-electron chi connectivity index (χ3n) is 4.26. The molecule has 2 amide bonds. The second-order valence-electron chi connectivity index (χ2n) is 6.27. The number of carbonyl (C=O) groups is 1. The Bertz CT molecular complexity index is 950. The first-order valence-electron chi connectivity index (χ1n) is 9.49. The van der Waals surface area contributed by atoms with E-state index in [1.165, 1.54) is 0 Å². The molecule has 158 valence electrons. The molecule has 0 aliphatic rings.